The Morgan fingerprint density at radius 1 is 1.19 bits per heavy atom. The van der Waals surface area contributed by atoms with Crippen LogP contribution in [0.2, 0.25) is 0 Å². The number of phenols is 2. The van der Waals surface area contributed by atoms with E-state index in [0.717, 1.165) is 18.2 Å². The first-order chi connectivity index (χ1) is 9.86. The topological polar surface area (TPSA) is 95.6 Å². The van der Waals surface area contributed by atoms with Crippen molar-refractivity contribution < 1.29 is 19.5 Å². The first kappa shape index (κ1) is 14.6. The van der Waals surface area contributed by atoms with Crippen molar-refractivity contribution >= 4 is 11.4 Å². The maximum absolute atomic E-state index is 13.7. The van der Waals surface area contributed by atoms with E-state index >= 15 is 0 Å². The maximum Gasteiger partial charge on any atom is 0.271 e. The van der Waals surface area contributed by atoms with E-state index in [4.69, 9.17) is 0 Å². The van der Waals surface area contributed by atoms with Crippen LogP contribution in [0.3, 0.4) is 0 Å². The Bertz CT molecular complexity index is 670. The van der Waals surface area contributed by atoms with Gasteiger partial charge in [-0.3, -0.25) is 10.1 Å². The Labute approximate surface area is 119 Å². The summed E-state index contributed by atoms with van der Waals surface area (Å²) >= 11 is 0. The van der Waals surface area contributed by atoms with Crippen molar-refractivity contribution in [1.29, 1.82) is 0 Å². The number of phenolic OH excluding ortho intramolecular Hbond substituents is 2. The number of halogens is 1. The average molecular weight is 292 g/mol. The Morgan fingerprint density at radius 2 is 1.81 bits per heavy atom. The summed E-state index contributed by atoms with van der Waals surface area (Å²) < 4.78 is 13.7. The molecule has 0 saturated heterocycles. The predicted octanol–water partition coefficient (Wildman–Crippen LogP) is 3.32. The summed E-state index contributed by atoms with van der Waals surface area (Å²) in [6.07, 6.45) is 0. The molecule has 6 nitrogen and oxygen atoms in total. The normalized spacial score (nSPS) is 11.9. The predicted molar refractivity (Wildman–Crippen MR) is 74.9 cm³/mol. The molecule has 0 bridgehead atoms. The highest BCUT2D eigenvalue weighted by Gasteiger charge is 2.14. The minimum atomic E-state index is -0.628. The first-order valence-corrected chi connectivity index (χ1v) is 6.10. The minimum Gasteiger partial charge on any atom is -0.508 e. The Balaban J connectivity index is 2.28. The molecule has 2 aromatic rings. The molecule has 0 aliphatic heterocycles. The number of benzene rings is 2. The van der Waals surface area contributed by atoms with Gasteiger partial charge in [-0.05, 0) is 30.7 Å². The van der Waals surface area contributed by atoms with Crippen LogP contribution in [-0.4, -0.2) is 15.1 Å². The van der Waals surface area contributed by atoms with Gasteiger partial charge in [-0.15, -0.1) is 0 Å². The molecule has 1 atom stereocenters. The number of non-ortho nitro benzene ring substituents is 1. The zero-order valence-electron chi connectivity index (χ0n) is 11.1. The fourth-order valence-corrected chi connectivity index (χ4v) is 1.92. The second-order valence-electron chi connectivity index (χ2n) is 4.57. The van der Waals surface area contributed by atoms with Crippen LogP contribution in [0.1, 0.15) is 18.5 Å². The molecular weight excluding hydrogens is 279 g/mol. The highest BCUT2D eigenvalue weighted by Crippen LogP contribution is 2.29. The maximum atomic E-state index is 13.7. The molecule has 0 fully saturated rings. The van der Waals surface area contributed by atoms with Crippen LogP contribution >= 0.6 is 0 Å². The molecule has 0 aliphatic carbocycles. The molecule has 7 heteroatoms. The molecule has 3 N–H and O–H groups in total. The molecule has 110 valence electrons. The van der Waals surface area contributed by atoms with Crippen molar-refractivity contribution in [3.05, 3.63) is 57.9 Å². The standard InChI is InChI=1S/C14H13FN2O4/c1-8(9-4-11(18)7-12(19)5-9)16-14-6-10(17(20)21)2-3-13(14)15/h2-8,16,18-19H,1H3. The van der Waals surface area contributed by atoms with Crippen LogP contribution < -0.4 is 5.32 Å². The lowest BCUT2D eigenvalue weighted by molar-refractivity contribution is -0.384. The summed E-state index contributed by atoms with van der Waals surface area (Å²) in [4.78, 5) is 10.1. The summed E-state index contributed by atoms with van der Waals surface area (Å²) in [5.41, 5.74) is 0.253. The van der Waals surface area contributed by atoms with Gasteiger partial charge >= 0.3 is 0 Å². The number of nitro groups is 1. The third kappa shape index (κ3) is 3.38. The summed E-state index contributed by atoms with van der Waals surface area (Å²) in [5.74, 6) is -0.881. The SMILES string of the molecule is CC(Nc1cc([N+](=O)[O-])ccc1F)c1cc(O)cc(O)c1. The van der Waals surface area contributed by atoms with Crippen molar-refractivity contribution in [2.24, 2.45) is 0 Å². The van der Waals surface area contributed by atoms with Gasteiger partial charge in [0.05, 0.1) is 10.6 Å². The third-order valence-corrected chi connectivity index (χ3v) is 2.96. The van der Waals surface area contributed by atoms with Crippen molar-refractivity contribution in [2.75, 3.05) is 5.32 Å². The van der Waals surface area contributed by atoms with Gasteiger partial charge in [0.1, 0.15) is 17.3 Å². The zero-order chi connectivity index (χ0) is 15.6. The van der Waals surface area contributed by atoms with Crippen LogP contribution in [0, 0.1) is 15.9 Å². The van der Waals surface area contributed by atoms with Gasteiger partial charge in [-0.25, -0.2) is 4.39 Å². The zero-order valence-corrected chi connectivity index (χ0v) is 11.1. The Kier molecular flexibility index (Phi) is 3.93. The number of rotatable bonds is 4. The van der Waals surface area contributed by atoms with Crippen molar-refractivity contribution in [3.8, 4) is 11.5 Å². The molecule has 0 radical (unpaired) electrons. The van der Waals surface area contributed by atoms with E-state index in [1.165, 1.54) is 18.2 Å². The van der Waals surface area contributed by atoms with Gasteiger partial charge < -0.3 is 15.5 Å². The van der Waals surface area contributed by atoms with E-state index in [1.54, 1.807) is 6.92 Å². The van der Waals surface area contributed by atoms with Crippen LogP contribution in [0.4, 0.5) is 15.8 Å². The van der Waals surface area contributed by atoms with Gasteiger partial charge in [0.2, 0.25) is 0 Å². The van der Waals surface area contributed by atoms with E-state index < -0.39 is 16.8 Å². The van der Waals surface area contributed by atoms with Gasteiger partial charge in [0, 0.05) is 24.2 Å². The molecule has 0 heterocycles. The smallest absolute Gasteiger partial charge is 0.271 e. The Hall–Kier alpha value is -2.83. The van der Waals surface area contributed by atoms with Gasteiger partial charge in [-0.1, -0.05) is 0 Å². The second kappa shape index (κ2) is 5.66. The fraction of sp³-hybridized carbons (Fsp3) is 0.143. The van der Waals surface area contributed by atoms with E-state index in [1.807, 2.05) is 0 Å². The van der Waals surface area contributed by atoms with E-state index in [2.05, 4.69) is 5.32 Å². The molecule has 21 heavy (non-hydrogen) atoms. The summed E-state index contributed by atoms with van der Waals surface area (Å²) in [6.45, 7) is 1.67. The van der Waals surface area contributed by atoms with Crippen molar-refractivity contribution in [3.63, 3.8) is 0 Å². The molecule has 0 aromatic heterocycles. The quantitative estimate of drug-likeness (QED) is 0.593. The second-order valence-corrected chi connectivity index (χ2v) is 4.57. The highest BCUT2D eigenvalue weighted by atomic mass is 19.1. The number of hydrogen-bond donors (Lipinski definition) is 3. The van der Waals surface area contributed by atoms with E-state index in [0.29, 0.717) is 5.56 Å². The lowest BCUT2D eigenvalue weighted by atomic mass is 10.1. The summed E-state index contributed by atoms with van der Waals surface area (Å²) in [5, 5.41) is 32.3. The number of nitrogens with one attached hydrogen (secondary N) is 1. The van der Waals surface area contributed by atoms with Gasteiger partial charge in [0.15, 0.2) is 0 Å². The van der Waals surface area contributed by atoms with Crippen LogP contribution in [0.15, 0.2) is 36.4 Å². The molecule has 2 aromatic carbocycles. The monoisotopic (exact) mass is 292 g/mol. The first-order valence-electron chi connectivity index (χ1n) is 6.10. The fourth-order valence-electron chi connectivity index (χ4n) is 1.92. The van der Waals surface area contributed by atoms with Crippen LogP contribution in [0.5, 0.6) is 11.5 Å². The number of aromatic hydroxyl groups is 2. The van der Waals surface area contributed by atoms with E-state index in [9.17, 15) is 24.7 Å². The molecule has 0 amide bonds. The molecule has 2 rings (SSSR count). The third-order valence-electron chi connectivity index (χ3n) is 2.96. The Morgan fingerprint density at radius 3 is 2.38 bits per heavy atom. The van der Waals surface area contributed by atoms with Crippen LogP contribution in [0.25, 0.3) is 0 Å². The van der Waals surface area contributed by atoms with Gasteiger partial charge in [-0.2, -0.15) is 0 Å². The van der Waals surface area contributed by atoms with Gasteiger partial charge in [0.25, 0.3) is 5.69 Å². The highest BCUT2D eigenvalue weighted by molar-refractivity contribution is 5.54. The molecule has 0 spiro atoms. The number of nitrogens with zero attached hydrogens (tertiary/aromatic N) is 1. The number of anilines is 1. The summed E-state index contributed by atoms with van der Waals surface area (Å²) in [6, 6.07) is 6.69. The lowest BCUT2D eigenvalue weighted by Gasteiger charge is -2.16. The van der Waals surface area contributed by atoms with Crippen molar-refractivity contribution in [2.45, 2.75) is 13.0 Å². The molecule has 1 unspecified atom stereocenters. The molecule has 0 aliphatic rings. The molecular formula is C14H13FN2O4. The number of hydrogen-bond acceptors (Lipinski definition) is 5. The van der Waals surface area contributed by atoms with Crippen LogP contribution in [-0.2, 0) is 0 Å². The number of nitro benzene ring substituents is 1. The molecule has 0 saturated carbocycles. The largest absolute Gasteiger partial charge is 0.508 e. The van der Waals surface area contributed by atoms with Crippen molar-refractivity contribution in [1.82, 2.24) is 0 Å². The van der Waals surface area contributed by atoms with E-state index in [-0.39, 0.29) is 22.9 Å². The minimum absolute atomic E-state index is 0.0282. The summed E-state index contributed by atoms with van der Waals surface area (Å²) in [7, 11) is 0. The average Bonchev–Trinajstić information content (AvgIpc) is 2.39. The lowest BCUT2D eigenvalue weighted by Crippen LogP contribution is -2.08.